The number of allylic oxidation sites excluding steroid dienone is 4. The van der Waals surface area contributed by atoms with E-state index in [1.807, 2.05) is 86.6 Å². The van der Waals surface area contributed by atoms with Crippen LogP contribution in [-0.2, 0) is 0 Å². The van der Waals surface area contributed by atoms with Gasteiger partial charge in [0.25, 0.3) is 0 Å². The number of hydrogen-bond donors (Lipinski definition) is 0. The summed E-state index contributed by atoms with van der Waals surface area (Å²) in [5, 5.41) is 0. The molecule has 0 saturated carbocycles. The first-order chi connectivity index (χ1) is 11.0. The molecule has 3 heteroatoms. The van der Waals surface area contributed by atoms with Crippen LogP contribution in [0.15, 0.2) is 71.2 Å². The summed E-state index contributed by atoms with van der Waals surface area (Å²) in [6, 6.07) is 17.6. The highest BCUT2D eigenvalue weighted by atomic mass is 79.9. The fourth-order valence-corrected chi connectivity index (χ4v) is 2.57. The Labute approximate surface area is 146 Å². The van der Waals surface area contributed by atoms with Crippen LogP contribution in [-0.4, -0.2) is 19.9 Å². The zero-order chi connectivity index (χ0) is 16.8. The van der Waals surface area contributed by atoms with Crippen LogP contribution in [0, 0.1) is 0 Å². The lowest BCUT2D eigenvalue weighted by atomic mass is 10.0. The number of benzene rings is 2. The maximum atomic E-state index is 12.3. The van der Waals surface area contributed by atoms with Gasteiger partial charge in [0, 0.05) is 25.3 Å². The van der Waals surface area contributed by atoms with E-state index in [0.29, 0.717) is 5.56 Å². The fourth-order valence-electron chi connectivity index (χ4n) is 2.21. The van der Waals surface area contributed by atoms with E-state index in [1.54, 1.807) is 6.08 Å². The molecule has 0 unspecified atom stereocenters. The van der Waals surface area contributed by atoms with E-state index in [9.17, 15) is 4.79 Å². The van der Waals surface area contributed by atoms with Gasteiger partial charge in [-0.3, -0.25) is 4.79 Å². The number of nitrogens with zero attached hydrogens (tertiary/aromatic N) is 1. The highest BCUT2D eigenvalue weighted by Gasteiger charge is 2.05. The molecule has 0 spiro atoms. The molecule has 0 aliphatic carbocycles. The molecule has 2 aromatic rings. The largest absolute Gasteiger partial charge is 0.378 e. The van der Waals surface area contributed by atoms with Crippen molar-refractivity contribution in [2.75, 3.05) is 19.0 Å². The Morgan fingerprint density at radius 2 is 1.52 bits per heavy atom. The number of carbonyl (C=O) groups is 1. The number of hydrogen-bond acceptors (Lipinski definition) is 2. The molecule has 2 aromatic carbocycles. The van der Waals surface area contributed by atoms with Crippen LogP contribution < -0.4 is 4.90 Å². The Bertz CT molecular complexity index is 724. The zero-order valence-corrected chi connectivity index (χ0v) is 15.2. The summed E-state index contributed by atoms with van der Waals surface area (Å²) in [5.74, 6) is -0.00233. The van der Waals surface area contributed by atoms with Crippen LogP contribution in [0.5, 0.6) is 0 Å². The Morgan fingerprint density at radius 3 is 2.04 bits per heavy atom. The molecule has 0 amide bonds. The first kappa shape index (κ1) is 17.2. The van der Waals surface area contributed by atoms with Crippen molar-refractivity contribution in [2.24, 2.45) is 0 Å². The van der Waals surface area contributed by atoms with Gasteiger partial charge in [-0.2, -0.15) is 0 Å². The summed E-state index contributed by atoms with van der Waals surface area (Å²) in [5.41, 5.74) is 3.84. The lowest BCUT2D eigenvalue weighted by Crippen LogP contribution is -2.08. The van der Waals surface area contributed by atoms with Gasteiger partial charge in [-0.15, -0.1) is 0 Å². The second-order valence-electron chi connectivity index (χ2n) is 5.45. The normalized spacial score (nSPS) is 12.2. The van der Waals surface area contributed by atoms with Gasteiger partial charge in [-0.25, -0.2) is 0 Å². The summed E-state index contributed by atoms with van der Waals surface area (Å²) >= 11 is 3.52. The third-order valence-electron chi connectivity index (χ3n) is 3.53. The molecule has 2 rings (SSSR count). The predicted molar refractivity (Wildman–Crippen MR) is 102 cm³/mol. The third kappa shape index (κ3) is 4.67. The number of anilines is 1. The zero-order valence-electron chi connectivity index (χ0n) is 13.6. The molecule has 0 aliphatic rings. The van der Waals surface area contributed by atoms with Crippen molar-refractivity contribution in [3.8, 4) is 0 Å². The second-order valence-corrected chi connectivity index (χ2v) is 6.64. The molecule has 0 heterocycles. The Morgan fingerprint density at radius 1 is 0.913 bits per heavy atom. The topological polar surface area (TPSA) is 20.3 Å². The first-order valence-corrected chi connectivity index (χ1v) is 8.20. The van der Waals surface area contributed by atoms with Crippen molar-refractivity contribution < 1.29 is 4.79 Å². The number of halogens is 1. The number of carbonyl (C=O) groups excluding carboxylic acids is 1. The van der Waals surface area contributed by atoms with Crippen LogP contribution in [0.2, 0.25) is 0 Å². The lowest BCUT2D eigenvalue weighted by molar-refractivity contribution is 0.104. The van der Waals surface area contributed by atoms with Crippen LogP contribution in [0.25, 0.3) is 5.57 Å². The third-order valence-corrected chi connectivity index (χ3v) is 3.95. The molecule has 0 fully saturated rings. The molecule has 23 heavy (non-hydrogen) atoms. The Kier molecular flexibility index (Phi) is 5.94. The van der Waals surface area contributed by atoms with Crippen molar-refractivity contribution in [3.63, 3.8) is 0 Å². The van der Waals surface area contributed by atoms with E-state index in [-0.39, 0.29) is 5.78 Å². The molecule has 0 radical (unpaired) electrons. The van der Waals surface area contributed by atoms with Crippen molar-refractivity contribution >= 4 is 33.0 Å². The molecule has 0 saturated heterocycles. The lowest BCUT2D eigenvalue weighted by Gasteiger charge is -2.12. The minimum atomic E-state index is -0.00233. The van der Waals surface area contributed by atoms with Crippen LogP contribution in [0.4, 0.5) is 5.69 Å². The summed E-state index contributed by atoms with van der Waals surface area (Å²) in [4.78, 5) is 14.4. The molecule has 0 N–H and O–H groups in total. The van der Waals surface area contributed by atoms with Crippen LogP contribution >= 0.6 is 15.9 Å². The highest BCUT2D eigenvalue weighted by Crippen LogP contribution is 2.24. The maximum absolute atomic E-state index is 12.3. The van der Waals surface area contributed by atoms with Crippen molar-refractivity contribution in [1.29, 1.82) is 0 Å². The molecule has 118 valence electrons. The molecule has 0 aliphatic heterocycles. The molecular weight excluding hydrogens is 350 g/mol. The van der Waals surface area contributed by atoms with E-state index in [2.05, 4.69) is 15.9 Å². The molecule has 0 atom stereocenters. The number of rotatable bonds is 5. The quantitative estimate of drug-likeness (QED) is 0.403. The smallest absolute Gasteiger partial charge is 0.185 e. The van der Waals surface area contributed by atoms with Crippen molar-refractivity contribution in [1.82, 2.24) is 0 Å². The molecule has 2 nitrogen and oxygen atoms in total. The molecule has 0 bridgehead atoms. The van der Waals surface area contributed by atoms with E-state index >= 15 is 0 Å². The first-order valence-electron chi connectivity index (χ1n) is 7.40. The summed E-state index contributed by atoms with van der Waals surface area (Å²) in [7, 11) is 3.96. The van der Waals surface area contributed by atoms with Gasteiger partial charge in [-0.05, 0) is 59.0 Å². The SMILES string of the molecule is CC(Br)=C(C=CC(=O)c1ccc(N(C)C)cc1)c1ccccc1. The van der Waals surface area contributed by atoms with Gasteiger partial charge in [0.15, 0.2) is 5.78 Å². The van der Waals surface area contributed by atoms with Crippen LogP contribution in [0.1, 0.15) is 22.8 Å². The average molecular weight is 370 g/mol. The predicted octanol–water partition coefficient (Wildman–Crippen LogP) is 5.32. The minimum Gasteiger partial charge on any atom is -0.378 e. The van der Waals surface area contributed by atoms with Gasteiger partial charge in [-0.1, -0.05) is 46.3 Å². The van der Waals surface area contributed by atoms with Gasteiger partial charge in [0.2, 0.25) is 0 Å². The fraction of sp³-hybridized carbons (Fsp3) is 0.150. The van der Waals surface area contributed by atoms with E-state index < -0.39 is 0 Å². The summed E-state index contributed by atoms with van der Waals surface area (Å²) in [6.45, 7) is 1.98. The van der Waals surface area contributed by atoms with E-state index in [0.717, 1.165) is 21.3 Å². The summed E-state index contributed by atoms with van der Waals surface area (Å²) < 4.78 is 0.996. The monoisotopic (exact) mass is 369 g/mol. The highest BCUT2D eigenvalue weighted by molar-refractivity contribution is 9.11. The molecule has 0 aromatic heterocycles. The average Bonchev–Trinajstić information content (AvgIpc) is 2.55. The minimum absolute atomic E-state index is 0.00233. The van der Waals surface area contributed by atoms with Gasteiger partial charge < -0.3 is 4.90 Å². The van der Waals surface area contributed by atoms with Crippen LogP contribution in [0.3, 0.4) is 0 Å². The van der Waals surface area contributed by atoms with Crippen molar-refractivity contribution in [2.45, 2.75) is 6.92 Å². The Hall–Kier alpha value is -2.13. The molecular formula is C20H20BrNO. The van der Waals surface area contributed by atoms with Gasteiger partial charge in [0.05, 0.1) is 0 Å². The van der Waals surface area contributed by atoms with Gasteiger partial charge >= 0.3 is 0 Å². The van der Waals surface area contributed by atoms with E-state index in [1.165, 1.54) is 0 Å². The van der Waals surface area contributed by atoms with Crippen molar-refractivity contribution in [3.05, 3.63) is 82.4 Å². The number of ketones is 1. The van der Waals surface area contributed by atoms with E-state index in [4.69, 9.17) is 0 Å². The summed E-state index contributed by atoms with van der Waals surface area (Å²) in [6.07, 6.45) is 3.49. The Balaban J connectivity index is 2.21. The second kappa shape index (κ2) is 7.93. The maximum Gasteiger partial charge on any atom is 0.185 e. The van der Waals surface area contributed by atoms with Gasteiger partial charge in [0.1, 0.15) is 0 Å². The standard InChI is InChI=1S/C20H20BrNO/c1-15(21)19(16-7-5-4-6-8-16)13-14-20(23)17-9-11-18(12-10-17)22(2)3/h4-14H,1-3H3.